The molecule has 0 amide bonds. The summed E-state index contributed by atoms with van der Waals surface area (Å²) in [6, 6.07) is 2.22. The van der Waals surface area contributed by atoms with Crippen LogP contribution in [0.3, 0.4) is 0 Å². The molecular formula is C5H9NTe. The Balaban J connectivity index is 3.04. The molecule has 0 radical (unpaired) electrons. The molecule has 0 fully saturated rings. The number of nitriles is 1. The van der Waals surface area contributed by atoms with Crippen LogP contribution in [0.1, 0.15) is 13.8 Å². The first kappa shape index (κ1) is 7.28. The summed E-state index contributed by atoms with van der Waals surface area (Å²) in [6.07, 6.45) is 0. The number of hydrogen-bond acceptors (Lipinski definition) is 1. The molecule has 0 aromatic carbocycles. The molecule has 0 N–H and O–H groups in total. The van der Waals surface area contributed by atoms with Gasteiger partial charge in [-0.25, -0.2) is 0 Å². The van der Waals surface area contributed by atoms with E-state index in [1.807, 2.05) is 6.92 Å². The van der Waals surface area contributed by atoms with Crippen molar-refractivity contribution in [1.29, 1.82) is 5.26 Å². The monoisotopic (exact) mass is 213 g/mol. The zero-order chi connectivity index (χ0) is 5.70. The predicted octanol–water partition coefficient (Wildman–Crippen LogP) is 1.46. The van der Waals surface area contributed by atoms with Gasteiger partial charge in [-0.15, -0.1) is 0 Å². The molecule has 0 aliphatic heterocycles. The Morgan fingerprint density at radius 2 is 2.43 bits per heavy atom. The molecule has 1 atom stereocenters. The third-order valence-electron chi connectivity index (χ3n) is 0.598. The Bertz CT molecular complexity index is 74.6. The molecule has 0 bridgehead atoms. The van der Waals surface area contributed by atoms with Crippen molar-refractivity contribution in [3.8, 4) is 6.07 Å². The molecule has 0 saturated heterocycles. The molecule has 1 nitrogen and oxygen atoms in total. The van der Waals surface area contributed by atoms with Gasteiger partial charge in [0.25, 0.3) is 0 Å². The molecule has 40 valence electrons. The van der Waals surface area contributed by atoms with E-state index in [0.29, 0.717) is 3.97 Å². The van der Waals surface area contributed by atoms with Crippen LogP contribution < -0.4 is 0 Å². The van der Waals surface area contributed by atoms with Gasteiger partial charge >= 0.3 is 54.5 Å². The third-order valence-corrected chi connectivity index (χ3v) is 3.28. The summed E-state index contributed by atoms with van der Waals surface area (Å²) in [4.78, 5) is 0. The van der Waals surface area contributed by atoms with Gasteiger partial charge in [-0.1, -0.05) is 0 Å². The number of rotatable bonds is 2. The summed E-state index contributed by atoms with van der Waals surface area (Å²) < 4.78 is 1.63. The Labute approximate surface area is 54.8 Å². The normalized spacial score (nSPS) is 12.7. The van der Waals surface area contributed by atoms with Crippen LogP contribution in [0, 0.1) is 11.3 Å². The maximum absolute atomic E-state index is 8.25. The van der Waals surface area contributed by atoms with Crippen LogP contribution in [0.5, 0.6) is 0 Å². The van der Waals surface area contributed by atoms with Gasteiger partial charge in [0.1, 0.15) is 0 Å². The Kier molecular flexibility index (Phi) is 4.62. The van der Waals surface area contributed by atoms with Crippen molar-refractivity contribution in [1.82, 2.24) is 0 Å². The van der Waals surface area contributed by atoms with Gasteiger partial charge in [-0.3, -0.25) is 0 Å². The molecule has 0 saturated carbocycles. The van der Waals surface area contributed by atoms with Crippen LogP contribution in [-0.2, 0) is 0 Å². The van der Waals surface area contributed by atoms with Gasteiger partial charge in [0.05, 0.1) is 0 Å². The van der Waals surface area contributed by atoms with Gasteiger partial charge < -0.3 is 0 Å². The molecule has 0 aromatic heterocycles. The van der Waals surface area contributed by atoms with E-state index < -0.39 is 0 Å². The molecule has 0 aromatic rings. The van der Waals surface area contributed by atoms with Gasteiger partial charge in [0.2, 0.25) is 0 Å². The van der Waals surface area contributed by atoms with Crippen LogP contribution in [0.25, 0.3) is 0 Å². The summed E-state index contributed by atoms with van der Waals surface area (Å²) in [6.45, 7) is 4.15. The first-order chi connectivity index (χ1) is 3.31. The summed E-state index contributed by atoms with van der Waals surface area (Å²) in [5.41, 5.74) is 0. The van der Waals surface area contributed by atoms with Crippen LogP contribution in [0.4, 0.5) is 0 Å². The molecule has 1 unspecified atom stereocenters. The molecule has 0 aliphatic rings. The maximum atomic E-state index is 8.25. The first-order valence-corrected chi connectivity index (χ1v) is 5.31. The minimum absolute atomic E-state index is 0.0524. The molecule has 0 spiro atoms. The van der Waals surface area contributed by atoms with Crippen molar-refractivity contribution >= 4 is 20.9 Å². The van der Waals surface area contributed by atoms with Crippen LogP contribution in [0.2, 0.25) is 8.43 Å². The van der Waals surface area contributed by atoms with Crippen molar-refractivity contribution < 1.29 is 0 Å². The number of hydrogen-bond donors (Lipinski definition) is 0. The van der Waals surface area contributed by atoms with Crippen molar-refractivity contribution in [2.45, 2.75) is 22.3 Å². The second kappa shape index (κ2) is 4.44. The zero-order valence-corrected chi connectivity index (χ0v) is 6.97. The fourth-order valence-electron chi connectivity index (χ4n) is 0.287. The van der Waals surface area contributed by atoms with E-state index in [1.54, 1.807) is 0 Å². The SMILES string of the molecule is CC[Te]C(C)C#N. The fraction of sp³-hybridized carbons (Fsp3) is 0.800. The average molecular weight is 211 g/mol. The van der Waals surface area contributed by atoms with Crippen molar-refractivity contribution in [3.05, 3.63) is 0 Å². The summed E-state index contributed by atoms with van der Waals surface area (Å²) in [5.74, 6) is 0. The molecular weight excluding hydrogens is 202 g/mol. The Morgan fingerprint density at radius 1 is 1.86 bits per heavy atom. The minimum atomic E-state index is 0.0524. The van der Waals surface area contributed by atoms with Crippen molar-refractivity contribution in [2.24, 2.45) is 0 Å². The summed E-state index contributed by atoms with van der Waals surface area (Å²) >= 11 is 0.0524. The second-order valence-corrected chi connectivity index (χ2v) is 5.84. The molecule has 2 heteroatoms. The zero-order valence-electron chi connectivity index (χ0n) is 4.64. The quantitative estimate of drug-likeness (QED) is 0.634. The topological polar surface area (TPSA) is 23.8 Å². The van der Waals surface area contributed by atoms with Crippen LogP contribution >= 0.6 is 0 Å². The third kappa shape index (κ3) is 4.13. The van der Waals surface area contributed by atoms with Gasteiger partial charge in [0.15, 0.2) is 0 Å². The van der Waals surface area contributed by atoms with E-state index in [-0.39, 0.29) is 20.9 Å². The molecule has 0 rings (SSSR count). The van der Waals surface area contributed by atoms with E-state index in [0.717, 1.165) is 0 Å². The first-order valence-electron chi connectivity index (χ1n) is 2.32. The van der Waals surface area contributed by atoms with E-state index in [2.05, 4.69) is 13.0 Å². The van der Waals surface area contributed by atoms with Gasteiger partial charge in [-0.05, 0) is 0 Å². The molecule has 0 heterocycles. The van der Waals surface area contributed by atoms with E-state index in [9.17, 15) is 0 Å². The van der Waals surface area contributed by atoms with E-state index in [4.69, 9.17) is 5.26 Å². The average Bonchev–Trinajstić information content (AvgIpc) is 1.68. The van der Waals surface area contributed by atoms with Crippen LogP contribution in [0.15, 0.2) is 0 Å². The Morgan fingerprint density at radius 3 is 2.57 bits per heavy atom. The van der Waals surface area contributed by atoms with Gasteiger partial charge in [0, 0.05) is 0 Å². The summed E-state index contributed by atoms with van der Waals surface area (Å²) in [7, 11) is 0. The molecule has 0 aliphatic carbocycles. The number of nitrogens with zero attached hydrogens (tertiary/aromatic N) is 1. The van der Waals surface area contributed by atoms with Crippen molar-refractivity contribution in [3.63, 3.8) is 0 Å². The van der Waals surface area contributed by atoms with E-state index >= 15 is 0 Å². The van der Waals surface area contributed by atoms with Crippen molar-refractivity contribution in [2.75, 3.05) is 0 Å². The van der Waals surface area contributed by atoms with Gasteiger partial charge in [-0.2, -0.15) is 0 Å². The Hall–Kier alpha value is 0.280. The second-order valence-electron chi connectivity index (χ2n) is 1.23. The summed E-state index contributed by atoms with van der Waals surface area (Å²) in [5, 5.41) is 8.25. The molecule has 7 heavy (non-hydrogen) atoms. The van der Waals surface area contributed by atoms with E-state index in [1.165, 1.54) is 4.47 Å². The fourth-order valence-corrected chi connectivity index (χ4v) is 1.93. The standard InChI is InChI=1S/C5H9NTe/c1-3-7-5(2)4-6/h5H,3H2,1-2H3. The van der Waals surface area contributed by atoms with Crippen LogP contribution in [-0.4, -0.2) is 20.9 Å². The predicted molar refractivity (Wildman–Crippen MR) is 31.3 cm³/mol.